The van der Waals surface area contributed by atoms with Crippen molar-refractivity contribution in [1.82, 2.24) is 5.32 Å². The molecule has 0 saturated carbocycles. The number of benzene rings is 1. The maximum atomic E-state index is 13.4. The topological polar surface area (TPSA) is 50.4 Å². The first-order valence-electron chi connectivity index (χ1n) is 6.13. The van der Waals surface area contributed by atoms with E-state index < -0.39 is 35.1 Å². The Morgan fingerprint density at radius 1 is 1.30 bits per heavy atom. The second-order valence-electron chi connectivity index (χ2n) is 4.25. The molecule has 0 heterocycles. The number of anilines is 1. The third-order valence-electron chi connectivity index (χ3n) is 2.59. The zero-order valence-corrected chi connectivity index (χ0v) is 11.3. The first-order valence-corrected chi connectivity index (χ1v) is 6.13. The summed E-state index contributed by atoms with van der Waals surface area (Å²) < 4.78 is 44.4. The van der Waals surface area contributed by atoms with Gasteiger partial charge in [0.1, 0.15) is 17.5 Å². The molecule has 0 fully saturated rings. The largest absolute Gasteiger partial charge is 0.385 e. The Morgan fingerprint density at radius 3 is 2.45 bits per heavy atom. The Hall–Kier alpha value is -1.76. The molecular weight excluding hydrogens is 273 g/mol. The van der Waals surface area contributed by atoms with Gasteiger partial charge in [-0.15, -0.1) is 0 Å². The van der Waals surface area contributed by atoms with Crippen LogP contribution in [-0.4, -0.2) is 32.2 Å². The predicted molar refractivity (Wildman–Crippen MR) is 68.9 cm³/mol. The minimum absolute atomic E-state index is 0.396. The van der Waals surface area contributed by atoms with Crippen LogP contribution in [0.25, 0.3) is 0 Å². The molecule has 1 atom stereocenters. The molecule has 7 heteroatoms. The van der Waals surface area contributed by atoms with Gasteiger partial charge in [-0.05, 0) is 13.3 Å². The third kappa shape index (κ3) is 4.73. The standard InChI is InChI=1S/C13H17F3N2O2/c1-8(13(19)17-4-3-5-20-2)18-12-10(15)6-9(14)7-11(12)16/h6-8,18H,3-5H2,1-2H3,(H,17,19). The minimum atomic E-state index is -1.08. The van der Waals surface area contributed by atoms with Gasteiger partial charge in [0.15, 0.2) is 11.6 Å². The quantitative estimate of drug-likeness (QED) is 0.756. The molecule has 0 saturated heterocycles. The van der Waals surface area contributed by atoms with E-state index in [-0.39, 0.29) is 0 Å². The fraction of sp³-hybridized carbons (Fsp3) is 0.462. The maximum absolute atomic E-state index is 13.4. The van der Waals surface area contributed by atoms with Crippen molar-refractivity contribution in [1.29, 1.82) is 0 Å². The molecule has 1 aromatic rings. The summed E-state index contributed by atoms with van der Waals surface area (Å²) in [5.41, 5.74) is -0.522. The summed E-state index contributed by atoms with van der Waals surface area (Å²) in [7, 11) is 1.55. The van der Waals surface area contributed by atoms with E-state index in [1.165, 1.54) is 6.92 Å². The van der Waals surface area contributed by atoms with E-state index in [2.05, 4.69) is 10.6 Å². The summed E-state index contributed by atoms with van der Waals surface area (Å²) in [6.45, 7) is 2.35. The van der Waals surface area contributed by atoms with Gasteiger partial charge in [-0.1, -0.05) is 0 Å². The normalized spacial score (nSPS) is 12.1. The molecule has 1 unspecified atom stereocenters. The third-order valence-corrected chi connectivity index (χ3v) is 2.59. The van der Waals surface area contributed by atoms with Crippen molar-refractivity contribution in [3.05, 3.63) is 29.6 Å². The van der Waals surface area contributed by atoms with Crippen molar-refractivity contribution in [3.63, 3.8) is 0 Å². The molecule has 0 bridgehead atoms. The minimum Gasteiger partial charge on any atom is -0.385 e. The summed E-state index contributed by atoms with van der Waals surface area (Å²) in [6, 6.07) is 0.246. The van der Waals surface area contributed by atoms with Crippen molar-refractivity contribution in [3.8, 4) is 0 Å². The summed E-state index contributed by atoms with van der Waals surface area (Å²) in [6.07, 6.45) is 0.633. The van der Waals surface area contributed by atoms with Crippen molar-refractivity contribution in [2.45, 2.75) is 19.4 Å². The van der Waals surface area contributed by atoms with Crippen molar-refractivity contribution in [2.24, 2.45) is 0 Å². The molecule has 0 aliphatic rings. The highest BCUT2D eigenvalue weighted by Gasteiger charge is 2.17. The zero-order chi connectivity index (χ0) is 15.1. The van der Waals surface area contributed by atoms with Gasteiger partial charge in [-0.2, -0.15) is 0 Å². The van der Waals surface area contributed by atoms with Gasteiger partial charge < -0.3 is 15.4 Å². The molecule has 0 spiro atoms. The summed E-state index contributed by atoms with van der Waals surface area (Å²) >= 11 is 0. The summed E-state index contributed by atoms with van der Waals surface area (Å²) in [4.78, 5) is 11.7. The number of ether oxygens (including phenoxy) is 1. The first kappa shape index (κ1) is 16.3. The monoisotopic (exact) mass is 290 g/mol. The number of carbonyl (C=O) groups is 1. The van der Waals surface area contributed by atoms with E-state index >= 15 is 0 Å². The van der Waals surface area contributed by atoms with E-state index in [1.54, 1.807) is 7.11 Å². The van der Waals surface area contributed by atoms with Crippen LogP contribution in [0.1, 0.15) is 13.3 Å². The molecule has 1 aromatic carbocycles. The molecule has 2 N–H and O–H groups in total. The van der Waals surface area contributed by atoms with Gasteiger partial charge in [-0.3, -0.25) is 4.79 Å². The van der Waals surface area contributed by atoms with Gasteiger partial charge in [0, 0.05) is 32.4 Å². The Bertz CT molecular complexity index is 446. The molecule has 0 radical (unpaired) electrons. The second-order valence-corrected chi connectivity index (χ2v) is 4.25. The molecular formula is C13H17F3N2O2. The summed E-state index contributed by atoms with van der Waals surface area (Å²) in [5, 5.41) is 4.97. The van der Waals surface area contributed by atoms with Crippen LogP contribution in [-0.2, 0) is 9.53 Å². The molecule has 0 aliphatic heterocycles. The number of carbonyl (C=O) groups excluding carboxylic acids is 1. The maximum Gasteiger partial charge on any atom is 0.242 e. The number of hydrogen-bond acceptors (Lipinski definition) is 3. The Labute approximate surface area is 115 Å². The van der Waals surface area contributed by atoms with Gasteiger partial charge >= 0.3 is 0 Å². The SMILES string of the molecule is COCCCNC(=O)C(C)Nc1c(F)cc(F)cc1F. The van der Waals surface area contributed by atoms with E-state index in [0.717, 1.165) is 0 Å². The van der Waals surface area contributed by atoms with E-state index in [0.29, 0.717) is 31.7 Å². The zero-order valence-electron chi connectivity index (χ0n) is 11.3. The number of hydrogen-bond donors (Lipinski definition) is 2. The van der Waals surface area contributed by atoms with Crippen LogP contribution in [0, 0.1) is 17.5 Å². The van der Waals surface area contributed by atoms with Crippen LogP contribution in [0.3, 0.4) is 0 Å². The Kier molecular flexibility index (Phi) is 6.30. The second kappa shape index (κ2) is 7.74. The van der Waals surface area contributed by atoms with Crippen LogP contribution in [0.4, 0.5) is 18.9 Å². The van der Waals surface area contributed by atoms with Crippen LogP contribution >= 0.6 is 0 Å². The lowest BCUT2D eigenvalue weighted by Crippen LogP contribution is -2.38. The van der Waals surface area contributed by atoms with E-state index in [4.69, 9.17) is 4.74 Å². The highest BCUT2D eigenvalue weighted by Crippen LogP contribution is 2.20. The van der Waals surface area contributed by atoms with Crippen molar-refractivity contribution >= 4 is 11.6 Å². The van der Waals surface area contributed by atoms with Crippen molar-refractivity contribution < 1.29 is 22.7 Å². The number of nitrogens with one attached hydrogen (secondary N) is 2. The molecule has 20 heavy (non-hydrogen) atoms. The van der Waals surface area contributed by atoms with Crippen molar-refractivity contribution in [2.75, 3.05) is 25.6 Å². The van der Waals surface area contributed by atoms with Gasteiger partial charge in [0.2, 0.25) is 5.91 Å². The average molecular weight is 290 g/mol. The molecule has 0 aliphatic carbocycles. The highest BCUT2D eigenvalue weighted by atomic mass is 19.1. The number of rotatable bonds is 7. The summed E-state index contributed by atoms with van der Waals surface area (Å²) in [5.74, 6) is -3.59. The Morgan fingerprint density at radius 2 is 1.90 bits per heavy atom. The van der Waals surface area contributed by atoms with Crippen LogP contribution in [0.2, 0.25) is 0 Å². The first-order chi connectivity index (χ1) is 9.45. The lowest BCUT2D eigenvalue weighted by Gasteiger charge is -2.16. The predicted octanol–water partition coefficient (Wildman–Crippen LogP) is 2.06. The van der Waals surface area contributed by atoms with Gasteiger partial charge in [0.05, 0.1) is 0 Å². The Balaban J connectivity index is 2.57. The molecule has 1 rings (SSSR count). The van der Waals surface area contributed by atoms with E-state index in [1.807, 2.05) is 0 Å². The number of amides is 1. The molecule has 1 amide bonds. The lowest BCUT2D eigenvalue weighted by atomic mass is 10.2. The number of methoxy groups -OCH3 is 1. The van der Waals surface area contributed by atoms with E-state index in [9.17, 15) is 18.0 Å². The van der Waals surface area contributed by atoms with Crippen LogP contribution in [0.5, 0.6) is 0 Å². The smallest absolute Gasteiger partial charge is 0.242 e. The molecule has 112 valence electrons. The lowest BCUT2D eigenvalue weighted by molar-refractivity contribution is -0.121. The average Bonchev–Trinajstić information content (AvgIpc) is 2.38. The molecule has 4 nitrogen and oxygen atoms in total. The fourth-order valence-electron chi connectivity index (χ4n) is 1.54. The fourth-order valence-corrected chi connectivity index (χ4v) is 1.54. The van der Waals surface area contributed by atoms with Gasteiger partial charge in [-0.25, -0.2) is 13.2 Å². The highest BCUT2D eigenvalue weighted by molar-refractivity contribution is 5.84. The van der Waals surface area contributed by atoms with Gasteiger partial charge in [0.25, 0.3) is 0 Å². The molecule has 0 aromatic heterocycles. The van der Waals surface area contributed by atoms with Crippen LogP contribution in [0.15, 0.2) is 12.1 Å². The number of halogens is 3. The van der Waals surface area contributed by atoms with Crippen LogP contribution < -0.4 is 10.6 Å².